The van der Waals surface area contributed by atoms with Crippen LogP contribution >= 0.6 is 23.2 Å². The summed E-state index contributed by atoms with van der Waals surface area (Å²) in [7, 11) is -4.05. The summed E-state index contributed by atoms with van der Waals surface area (Å²) < 4.78 is 33.3. The van der Waals surface area contributed by atoms with Gasteiger partial charge in [-0.15, -0.1) is 0 Å². The van der Waals surface area contributed by atoms with Crippen molar-refractivity contribution in [2.75, 3.05) is 17.8 Å². The van der Waals surface area contributed by atoms with Crippen molar-refractivity contribution in [3.63, 3.8) is 0 Å². The van der Waals surface area contributed by atoms with E-state index in [0.717, 1.165) is 12.8 Å². The molecule has 7 nitrogen and oxygen atoms in total. The Kier molecular flexibility index (Phi) is 7.69. The monoisotopic (exact) mass is 498 g/mol. The van der Waals surface area contributed by atoms with Gasteiger partial charge in [0.05, 0.1) is 26.2 Å². The maximum Gasteiger partial charge on any atom is 0.341 e. The van der Waals surface area contributed by atoms with Crippen molar-refractivity contribution in [2.24, 2.45) is 5.92 Å². The molecule has 0 saturated carbocycles. The van der Waals surface area contributed by atoms with Gasteiger partial charge in [-0.05, 0) is 56.0 Å². The average molecular weight is 499 g/mol. The van der Waals surface area contributed by atoms with Crippen molar-refractivity contribution < 1.29 is 22.7 Å². The van der Waals surface area contributed by atoms with E-state index in [0.29, 0.717) is 19.0 Å². The first kappa shape index (κ1) is 24.4. The van der Waals surface area contributed by atoms with Crippen LogP contribution < -0.4 is 4.72 Å². The van der Waals surface area contributed by atoms with Crippen molar-refractivity contribution in [1.82, 2.24) is 4.90 Å². The highest BCUT2D eigenvalue weighted by Gasteiger charge is 2.28. The Morgan fingerprint density at radius 2 is 1.88 bits per heavy atom. The lowest BCUT2D eigenvalue weighted by molar-refractivity contribution is -0.141. The first-order valence-electron chi connectivity index (χ1n) is 10.1. The van der Waals surface area contributed by atoms with E-state index in [4.69, 9.17) is 27.9 Å². The van der Waals surface area contributed by atoms with Crippen LogP contribution in [0.4, 0.5) is 5.69 Å². The van der Waals surface area contributed by atoms with Gasteiger partial charge in [0.1, 0.15) is 0 Å². The molecule has 2 atom stereocenters. The Hall–Kier alpha value is -2.29. The summed E-state index contributed by atoms with van der Waals surface area (Å²) in [5.74, 6) is -0.672. The lowest BCUT2D eigenvalue weighted by Gasteiger charge is -2.32. The molecule has 1 heterocycles. The third-order valence-corrected chi connectivity index (χ3v) is 7.30. The molecule has 0 unspecified atom stereocenters. The minimum absolute atomic E-state index is 0.0113. The zero-order chi connectivity index (χ0) is 23.5. The number of likely N-dealkylation sites (tertiary alicyclic amines) is 1. The van der Waals surface area contributed by atoms with E-state index in [1.54, 1.807) is 17.0 Å². The molecule has 0 aromatic heterocycles. The normalized spacial score (nSPS) is 17.5. The summed E-state index contributed by atoms with van der Waals surface area (Å²) in [5.41, 5.74) is 0.0117. The van der Waals surface area contributed by atoms with E-state index < -0.39 is 22.1 Å². The minimum atomic E-state index is -4.05. The first-order chi connectivity index (χ1) is 15.1. The second kappa shape index (κ2) is 10.1. The Labute approximate surface area is 197 Å². The predicted molar refractivity (Wildman–Crippen MR) is 124 cm³/mol. The number of para-hydroxylation sites is 1. The highest BCUT2D eigenvalue weighted by Crippen LogP contribution is 2.27. The number of piperidine rings is 1. The van der Waals surface area contributed by atoms with Gasteiger partial charge in [-0.1, -0.05) is 42.3 Å². The van der Waals surface area contributed by atoms with E-state index in [-0.39, 0.29) is 32.1 Å². The number of esters is 1. The van der Waals surface area contributed by atoms with Crippen LogP contribution in [0.25, 0.3) is 0 Å². The number of sulfonamides is 1. The SMILES string of the molecule is C[C@H]1CCCN(C(=O)[C@@H](C)OC(=O)c2ccccc2NS(=O)(=O)c2ccc(Cl)c(Cl)c2)C1. The summed E-state index contributed by atoms with van der Waals surface area (Å²) in [6, 6.07) is 9.90. The molecule has 3 rings (SSSR count). The number of anilines is 1. The third kappa shape index (κ3) is 5.74. The smallest absolute Gasteiger partial charge is 0.341 e. The molecule has 1 fully saturated rings. The highest BCUT2D eigenvalue weighted by molar-refractivity contribution is 7.92. The van der Waals surface area contributed by atoms with Crippen LogP contribution in [0.15, 0.2) is 47.4 Å². The lowest BCUT2D eigenvalue weighted by atomic mass is 10.00. The van der Waals surface area contributed by atoms with Crippen LogP contribution in [0.5, 0.6) is 0 Å². The Morgan fingerprint density at radius 3 is 2.56 bits per heavy atom. The molecule has 0 spiro atoms. The molecular weight excluding hydrogens is 475 g/mol. The van der Waals surface area contributed by atoms with E-state index in [1.165, 1.54) is 37.3 Å². The maximum absolute atomic E-state index is 12.8. The van der Waals surface area contributed by atoms with Gasteiger partial charge in [0.2, 0.25) is 0 Å². The van der Waals surface area contributed by atoms with Gasteiger partial charge in [-0.3, -0.25) is 9.52 Å². The number of hydrogen-bond acceptors (Lipinski definition) is 5. The molecule has 32 heavy (non-hydrogen) atoms. The van der Waals surface area contributed by atoms with Crippen LogP contribution in [0.1, 0.15) is 37.0 Å². The quantitative estimate of drug-likeness (QED) is 0.587. The molecule has 0 bridgehead atoms. The number of ether oxygens (including phenoxy) is 1. The Morgan fingerprint density at radius 1 is 1.16 bits per heavy atom. The fraction of sp³-hybridized carbons (Fsp3) is 0.364. The molecule has 1 saturated heterocycles. The fourth-order valence-corrected chi connectivity index (χ4v) is 4.99. The van der Waals surface area contributed by atoms with Gasteiger partial charge < -0.3 is 9.64 Å². The molecular formula is C22H24Cl2N2O5S. The summed E-state index contributed by atoms with van der Waals surface area (Å²) in [6.45, 7) is 4.85. The van der Waals surface area contributed by atoms with Gasteiger partial charge in [0.15, 0.2) is 6.10 Å². The minimum Gasteiger partial charge on any atom is -0.449 e. The highest BCUT2D eigenvalue weighted by atomic mass is 35.5. The van der Waals surface area contributed by atoms with Crippen LogP contribution in [0.2, 0.25) is 10.0 Å². The van der Waals surface area contributed by atoms with Crippen molar-refractivity contribution in [3.8, 4) is 0 Å². The summed E-state index contributed by atoms with van der Waals surface area (Å²) in [5, 5.41) is 0.304. The second-order valence-corrected chi connectivity index (χ2v) is 10.3. The zero-order valence-corrected chi connectivity index (χ0v) is 20.0. The molecule has 2 aromatic carbocycles. The summed E-state index contributed by atoms with van der Waals surface area (Å²) >= 11 is 11.8. The number of rotatable bonds is 6. The molecule has 1 amide bonds. The van der Waals surface area contributed by atoms with Crippen molar-refractivity contribution in [3.05, 3.63) is 58.1 Å². The number of carbonyl (C=O) groups is 2. The number of amides is 1. The molecule has 10 heteroatoms. The van der Waals surface area contributed by atoms with Gasteiger partial charge in [0.25, 0.3) is 15.9 Å². The number of nitrogens with zero attached hydrogens (tertiary/aromatic N) is 1. The van der Waals surface area contributed by atoms with Gasteiger partial charge in [-0.25, -0.2) is 13.2 Å². The van der Waals surface area contributed by atoms with Gasteiger partial charge in [-0.2, -0.15) is 0 Å². The standard InChI is InChI=1S/C22H24Cl2N2O5S/c1-14-6-5-11-26(13-14)21(27)15(2)31-22(28)17-7-3-4-8-20(17)25-32(29,30)16-9-10-18(23)19(24)12-16/h3-4,7-10,12,14-15,25H,5-6,11,13H2,1-2H3/t14-,15+/m0/s1. The molecule has 0 radical (unpaired) electrons. The number of nitrogens with one attached hydrogen (secondary N) is 1. The van der Waals surface area contributed by atoms with Crippen LogP contribution in [-0.4, -0.2) is 44.4 Å². The average Bonchev–Trinajstić information content (AvgIpc) is 2.75. The summed E-state index contributed by atoms with van der Waals surface area (Å²) in [6.07, 6.45) is 0.976. The molecule has 172 valence electrons. The van der Waals surface area contributed by atoms with Gasteiger partial charge in [0, 0.05) is 13.1 Å². The van der Waals surface area contributed by atoms with Gasteiger partial charge >= 0.3 is 5.97 Å². The number of benzene rings is 2. The molecule has 1 aliphatic heterocycles. The Balaban J connectivity index is 1.76. The number of carbonyl (C=O) groups excluding carboxylic acids is 2. The van der Waals surface area contributed by atoms with E-state index in [2.05, 4.69) is 11.6 Å². The molecule has 1 N–H and O–H groups in total. The van der Waals surface area contributed by atoms with Crippen molar-refractivity contribution in [2.45, 2.75) is 37.7 Å². The van der Waals surface area contributed by atoms with Crippen LogP contribution in [-0.2, 0) is 19.6 Å². The number of hydrogen-bond donors (Lipinski definition) is 1. The van der Waals surface area contributed by atoms with E-state index in [1.807, 2.05) is 0 Å². The van der Waals surface area contributed by atoms with E-state index >= 15 is 0 Å². The third-order valence-electron chi connectivity index (χ3n) is 5.19. The summed E-state index contributed by atoms with van der Waals surface area (Å²) in [4.78, 5) is 27.1. The largest absolute Gasteiger partial charge is 0.449 e. The first-order valence-corrected chi connectivity index (χ1v) is 12.4. The number of halogens is 2. The fourth-order valence-electron chi connectivity index (χ4n) is 3.52. The van der Waals surface area contributed by atoms with Crippen LogP contribution in [0, 0.1) is 5.92 Å². The Bertz CT molecular complexity index is 1120. The molecule has 2 aromatic rings. The predicted octanol–water partition coefficient (Wildman–Crippen LogP) is 4.60. The van der Waals surface area contributed by atoms with Crippen molar-refractivity contribution >= 4 is 50.8 Å². The zero-order valence-electron chi connectivity index (χ0n) is 17.7. The molecule has 0 aliphatic carbocycles. The maximum atomic E-state index is 12.8. The van der Waals surface area contributed by atoms with Crippen LogP contribution in [0.3, 0.4) is 0 Å². The lowest BCUT2D eigenvalue weighted by Crippen LogP contribution is -2.44. The second-order valence-electron chi connectivity index (χ2n) is 7.81. The molecule has 1 aliphatic rings. The van der Waals surface area contributed by atoms with Crippen molar-refractivity contribution in [1.29, 1.82) is 0 Å². The van der Waals surface area contributed by atoms with E-state index in [9.17, 15) is 18.0 Å². The topological polar surface area (TPSA) is 92.8 Å².